The van der Waals surface area contributed by atoms with Crippen molar-refractivity contribution >= 4 is 23.3 Å². The SMILES string of the molecule is COC(=O)C1=C(C)N(C2CC2)C(=S)NC1c1cccc(OC)c1OC(C)C. The first-order chi connectivity index (χ1) is 12.9. The average molecular weight is 391 g/mol. The van der Waals surface area contributed by atoms with Gasteiger partial charge in [-0.05, 0) is 51.9 Å². The number of carbonyl (C=O) groups excluding carboxylic acids is 1. The number of hydrogen-bond acceptors (Lipinski definition) is 5. The second kappa shape index (κ2) is 7.76. The summed E-state index contributed by atoms with van der Waals surface area (Å²) in [5.41, 5.74) is 2.16. The van der Waals surface area contributed by atoms with E-state index in [1.165, 1.54) is 7.11 Å². The van der Waals surface area contributed by atoms with E-state index in [0.29, 0.717) is 28.2 Å². The molecule has 0 bridgehead atoms. The molecule has 1 aromatic carbocycles. The number of ether oxygens (including phenoxy) is 3. The zero-order chi connectivity index (χ0) is 19.7. The van der Waals surface area contributed by atoms with Crippen molar-refractivity contribution in [2.45, 2.75) is 51.8 Å². The Hall–Kier alpha value is -2.28. The molecule has 1 fully saturated rings. The molecule has 27 heavy (non-hydrogen) atoms. The molecule has 0 radical (unpaired) electrons. The summed E-state index contributed by atoms with van der Waals surface area (Å²) in [6, 6.07) is 5.52. The fourth-order valence-electron chi connectivity index (χ4n) is 3.42. The van der Waals surface area contributed by atoms with E-state index in [9.17, 15) is 4.79 Å². The van der Waals surface area contributed by atoms with Gasteiger partial charge in [0.2, 0.25) is 0 Å². The monoisotopic (exact) mass is 390 g/mol. The zero-order valence-electron chi connectivity index (χ0n) is 16.4. The summed E-state index contributed by atoms with van der Waals surface area (Å²) in [5, 5.41) is 3.94. The molecule has 0 amide bonds. The molecule has 1 unspecified atom stereocenters. The number of nitrogens with zero attached hydrogens (tertiary/aromatic N) is 1. The molecule has 7 heteroatoms. The molecule has 1 aromatic rings. The van der Waals surface area contributed by atoms with E-state index in [1.807, 2.05) is 43.9 Å². The van der Waals surface area contributed by atoms with E-state index in [2.05, 4.69) is 5.32 Å². The van der Waals surface area contributed by atoms with Crippen molar-refractivity contribution in [3.63, 3.8) is 0 Å². The molecule has 1 heterocycles. The van der Waals surface area contributed by atoms with Crippen molar-refractivity contribution in [1.29, 1.82) is 0 Å². The molecule has 1 aliphatic carbocycles. The van der Waals surface area contributed by atoms with Crippen molar-refractivity contribution in [1.82, 2.24) is 10.2 Å². The summed E-state index contributed by atoms with van der Waals surface area (Å²) >= 11 is 5.62. The van der Waals surface area contributed by atoms with Gasteiger partial charge in [-0.25, -0.2) is 4.79 Å². The third-order valence-corrected chi connectivity index (χ3v) is 5.05. The van der Waals surface area contributed by atoms with Crippen molar-refractivity contribution in [3.8, 4) is 11.5 Å². The highest BCUT2D eigenvalue weighted by Crippen LogP contribution is 2.43. The Morgan fingerprint density at radius 1 is 1.30 bits per heavy atom. The van der Waals surface area contributed by atoms with Crippen LogP contribution in [-0.2, 0) is 9.53 Å². The molecule has 3 rings (SSSR count). The molecule has 0 spiro atoms. The number of thiocarbonyl (C=S) groups is 1. The van der Waals surface area contributed by atoms with Gasteiger partial charge < -0.3 is 24.4 Å². The molecular formula is C20H26N2O4S. The van der Waals surface area contributed by atoms with E-state index < -0.39 is 6.04 Å². The molecule has 0 aromatic heterocycles. The summed E-state index contributed by atoms with van der Waals surface area (Å²) in [6.07, 6.45) is 2.09. The van der Waals surface area contributed by atoms with Gasteiger partial charge in [0.05, 0.1) is 31.9 Å². The van der Waals surface area contributed by atoms with Gasteiger partial charge in [-0.3, -0.25) is 0 Å². The van der Waals surface area contributed by atoms with Gasteiger partial charge in [-0.15, -0.1) is 0 Å². The Morgan fingerprint density at radius 2 is 2.00 bits per heavy atom. The number of para-hydroxylation sites is 1. The van der Waals surface area contributed by atoms with Crippen molar-refractivity contribution in [2.24, 2.45) is 0 Å². The maximum atomic E-state index is 12.7. The number of carbonyl (C=O) groups is 1. The summed E-state index contributed by atoms with van der Waals surface area (Å²) in [4.78, 5) is 14.7. The second-order valence-corrected chi connectivity index (χ2v) is 7.41. The van der Waals surface area contributed by atoms with Crippen LogP contribution in [-0.4, -0.2) is 42.3 Å². The average Bonchev–Trinajstić information content (AvgIpc) is 3.45. The molecular weight excluding hydrogens is 364 g/mol. The maximum Gasteiger partial charge on any atom is 0.337 e. The summed E-state index contributed by atoms with van der Waals surface area (Å²) in [5.74, 6) is 0.834. The highest BCUT2D eigenvalue weighted by molar-refractivity contribution is 7.80. The van der Waals surface area contributed by atoms with Crippen LogP contribution in [0, 0.1) is 0 Å². The zero-order valence-corrected chi connectivity index (χ0v) is 17.2. The third kappa shape index (κ3) is 3.74. The third-order valence-electron chi connectivity index (χ3n) is 4.74. The van der Waals surface area contributed by atoms with Crippen LogP contribution >= 0.6 is 12.2 Å². The van der Waals surface area contributed by atoms with Gasteiger partial charge in [-0.2, -0.15) is 0 Å². The lowest BCUT2D eigenvalue weighted by molar-refractivity contribution is -0.136. The first kappa shape index (κ1) is 19.5. The molecule has 1 saturated carbocycles. The van der Waals surface area contributed by atoms with E-state index in [4.69, 9.17) is 26.4 Å². The van der Waals surface area contributed by atoms with Crippen LogP contribution in [0.25, 0.3) is 0 Å². The van der Waals surface area contributed by atoms with Crippen molar-refractivity contribution < 1.29 is 19.0 Å². The van der Waals surface area contributed by atoms with Crippen LogP contribution < -0.4 is 14.8 Å². The second-order valence-electron chi connectivity index (χ2n) is 7.02. The predicted octanol–water partition coefficient (Wildman–Crippen LogP) is 3.32. The predicted molar refractivity (Wildman–Crippen MR) is 107 cm³/mol. The molecule has 6 nitrogen and oxygen atoms in total. The molecule has 2 aliphatic rings. The Labute approximate surface area is 165 Å². The standard InChI is InChI=1S/C20H26N2O4S/c1-11(2)26-18-14(7-6-8-15(18)24-4)17-16(19(23)25-5)12(3)22(13-9-10-13)20(27)21-17/h6-8,11,13,17H,9-10H2,1-5H3,(H,21,27). The van der Waals surface area contributed by atoms with Crippen LogP contribution in [0.3, 0.4) is 0 Å². The highest BCUT2D eigenvalue weighted by atomic mass is 32.1. The Morgan fingerprint density at radius 3 is 2.56 bits per heavy atom. The van der Waals surface area contributed by atoms with E-state index >= 15 is 0 Å². The first-order valence-corrected chi connectivity index (χ1v) is 9.52. The fourth-order valence-corrected chi connectivity index (χ4v) is 3.82. The number of hydrogen-bond donors (Lipinski definition) is 1. The normalized spacial score (nSPS) is 19.9. The van der Waals surface area contributed by atoms with Crippen LogP contribution in [0.15, 0.2) is 29.5 Å². The fraction of sp³-hybridized carbons (Fsp3) is 0.500. The number of rotatable bonds is 6. The van der Waals surface area contributed by atoms with Gasteiger partial charge in [-0.1, -0.05) is 12.1 Å². The van der Waals surface area contributed by atoms with Crippen molar-refractivity contribution in [2.75, 3.05) is 14.2 Å². The van der Waals surface area contributed by atoms with E-state index in [-0.39, 0.29) is 12.1 Å². The number of benzene rings is 1. The number of methoxy groups -OCH3 is 2. The van der Waals surface area contributed by atoms with E-state index in [1.54, 1.807) is 7.11 Å². The quantitative estimate of drug-likeness (QED) is 0.591. The van der Waals surface area contributed by atoms with Crippen LogP contribution in [0.5, 0.6) is 11.5 Å². The Balaban J connectivity index is 2.14. The minimum atomic E-state index is -0.469. The summed E-state index contributed by atoms with van der Waals surface area (Å²) < 4.78 is 16.6. The summed E-state index contributed by atoms with van der Waals surface area (Å²) in [7, 11) is 2.99. The van der Waals surface area contributed by atoms with Gasteiger partial charge in [0.15, 0.2) is 16.6 Å². The largest absolute Gasteiger partial charge is 0.493 e. The molecule has 1 atom stereocenters. The lowest BCUT2D eigenvalue weighted by Crippen LogP contribution is -2.48. The van der Waals surface area contributed by atoms with E-state index in [0.717, 1.165) is 24.1 Å². The lowest BCUT2D eigenvalue weighted by atomic mass is 9.93. The van der Waals surface area contributed by atoms with Gasteiger partial charge in [0.25, 0.3) is 0 Å². The minimum Gasteiger partial charge on any atom is -0.493 e. The van der Waals surface area contributed by atoms with Gasteiger partial charge in [0, 0.05) is 17.3 Å². The smallest absolute Gasteiger partial charge is 0.337 e. The number of nitrogens with one attached hydrogen (secondary N) is 1. The van der Waals surface area contributed by atoms with Crippen LogP contribution in [0.1, 0.15) is 45.2 Å². The molecule has 1 aliphatic heterocycles. The number of esters is 1. The maximum absolute atomic E-state index is 12.7. The minimum absolute atomic E-state index is 0.0507. The molecule has 146 valence electrons. The lowest BCUT2D eigenvalue weighted by Gasteiger charge is -2.38. The highest BCUT2D eigenvalue weighted by Gasteiger charge is 2.41. The topological polar surface area (TPSA) is 60.0 Å². The van der Waals surface area contributed by atoms with Crippen molar-refractivity contribution in [3.05, 3.63) is 35.0 Å². The molecule has 1 N–H and O–H groups in total. The Bertz CT molecular complexity index is 786. The van der Waals surface area contributed by atoms with Crippen LogP contribution in [0.4, 0.5) is 0 Å². The number of allylic oxidation sites excluding steroid dienone is 1. The summed E-state index contributed by atoms with van der Waals surface area (Å²) in [6.45, 7) is 5.83. The molecule has 0 saturated heterocycles. The van der Waals surface area contributed by atoms with Gasteiger partial charge >= 0.3 is 5.97 Å². The van der Waals surface area contributed by atoms with Gasteiger partial charge in [0.1, 0.15) is 0 Å². The Kier molecular flexibility index (Phi) is 5.60. The van der Waals surface area contributed by atoms with Crippen LogP contribution in [0.2, 0.25) is 0 Å². The first-order valence-electron chi connectivity index (χ1n) is 9.11.